The zero-order valence-electron chi connectivity index (χ0n) is 19.1. The van der Waals surface area contributed by atoms with Crippen molar-refractivity contribution in [1.29, 1.82) is 0 Å². The summed E-state index contributed by atoms with van der Waals surface area (Å²) >= 11 is 0. The molecule has 0 unspecified atom stereocenters. The monoisotopic (exact) mass is 439 g/mol. The van der Waals surface area contributed by atoms with Crippen LogP contribution in [-0.2, 0) is 7.05 Å². The highest BCUT2D eigenvalue weighted by Crippen LogP contribution is 2.39. The Kier molecular flexibility index (Phi) is 7.25. The van der Waals surface area contributed by atoms with Crippen molar-refractivity contribution in [3.05, 3.63) is 64.1 Å². The lowest BCUT2D eigenvalue weighted by Gasteiger charge is -2.17. The van der Waals surface area contributed by atoms with Gasteiger partial charge in [-0.25, -0.2) is 4.68 Å². The first-order chi connectivity index (χ1) is 15.4. The van der Waals surface area contributed by atoms with E-state index < -0.39 is 5.91 Å². The summed E-state index contributed by atoms with van der Waals surface area (Å²) < 4.78 is 20.3. The van der Waals surface area contributed by atoms with Gasteiger partial charge in [0.15, 0.2) is 11.5 Å². The molecule has 3 aromatic rings. The SMILES string of the molecule is CCOc1cc(C(=O)Nc2c(C)n(C)n(-c3ccccc3)c2=O)cc(OCC)c1OCC. The summed E-state index contributed by atoms with van der Waals surface area (Å²) in [6.45, 7) is 8.57. The average Bonchev–Trinajstić information content (AvgIpc) is 2.99. The molecule has 170 valence electrons. The Labute approximate surface area is 187 Å². The molecule has 1 aromatic heterocycles. The van der Waals surface area contributed by atoms with Gasteiger partial charge in [0.2, 0.25) is 5.75 Å². The first kappa shape index (κ1) is 23.0. The number of aromatic nitrogens is 2. The lowest BCUT2D eigenvalue weighted by molar-refractivity contribution is 0.102. The Hall–Kier alpha value is -3.68. The van der Waals surface area contributed by atoms with E-state index in [1.165, 1.54) is 4.68 Å². The molecule has 3 rings (SSSR count). The number of ether oxygens (including phenoxy) is 3. The van der Waals surface area contributed by atoms with Crippen LogP contribution in [0.4, 0.5) is 5.69 Å². The minimum Gasteiger partial charge on any atom is -0.490 e. The van der Waals surface area contributed by atoms with Crippen LogP contribution in [-0.4, -0.2) is 35.1 Å². The van der Waals surface area contributed by atoms with Crippen LogP contribution in [0.2, 0.25) is 0 Å². The number of rotatable bonds is 9. The van der Waals surface area contributed by atoms with Crippen molar-refractivity contribution in [2.45, 2.75) is 27.7 Å². The van der Waals surface area contributed by atoms with E-state index >= 15 is 0 Å². The second-order valence-electron chi connectivity index (χ2n) is 6.99. The van der Waals surface area contributed by atoms with E-state index in [1.807, 2.05) is 51.1 Å². The quantitative estimate of drug-likeness (QED) is 0.546. The highest BCUT2D eigenvalue weighted by atomic mass is 16.5. The van der Waals surface area contributed by atoms with Crippen molar-refractivity contribution in [3.8, 4) is 22.9 Å². The minimum atomic E-state index is -0.444. The lowest BCUT2D eigenvalue weighted by Crippen LogP contribution is -2.23. The highest BCUT2D eigenvalue weighted by molar-refractivity contribution is 6.05. The molecule has 8 heteroatoms. The fraction of sp³-hybridized carbons (Fsp3) is 0.333. The fourth-order valence-electron chi connectivity index (χ4n) is 3.42. The van der Waals surface area contributed by atoms with E-state index in [1.54, 1.807) is 30.8 Å². The summed E-state index contributed by atoms with van der Waals surface area (Å²) in [5, 5.41) is 2.77. The van der Waals surface area contributed by atoms with Crippen molar-refractivity contribution < 1.29 is 19.0 Å². The van der Waals surface area contributed by atoms with Crippen LogP contribution in [0.3, 0.4) is 0 Å². The first-order valence-corrected chi connectivity index (χ1v) is 10.6. The number of carbonyl (C=O) groups is 1. The summed E-state index contributed by atoms with van der Waals surface area (Å²) in [7, 11) is 1.77. The maximum atomic E-state index is 13.1. The lowest BCUT2D eigenvalue weighted by atomic mass is 10.1. The van der Waals surface area contributed by atoms with Crippen LogP contribution in [0.1, 0.15) is 36.8 Å². The van der Waals surface area contributed by atoms with Crippen LogP contribution < -0.4 is 25.1 Å². The van der Waals surface area contributed by atoms with Crippen molar-refractivity contribution in [1.82, 2.24) is 9.36 Å². The standard InChI is InChI=1S/C24H29N3O5/c1-6-30-19-14-17(15-20(31-7-2)22(19)32-8-3)23(28)25-21-16(4)26(5)27(24(21)29)18-12-10-9-11-13-18/h9-15H,6-8H2,1-5H3,(H,25,28). The van der Waals surface area contributed by atoms with Gasteiger partial charge in [-0.2, -0.15) is 0 Å². The molecule has 1 heterocycles. The molecule has 0 saturated carbocycles. The number of nitrogens with zero attached hydrogens (tertiary/aromatic N) is 2. The Morgan fingerprint density at radius 3 is 2.03 bits per heavy atom. The molecule has 8 nitrogen and oxygen atoms in total. The Morgan fingerprint density at radius 2 is 1.50 bits per heavy atom. The molecule has 32 heavy (non-hydrogen) atoms. The maximum absolute atomic E-state index is 13.1. The maximum Gasteiger partial charge on any atom is 0.295 e. The van der Waals surface area contributed by atoms with Gasteiger partial charge in [0.25, 0.3) is 11.5 Å². The Bertz CT molecular complexity index is 1120. The van der Waals surface area contributed by atoms with Crippen molar-refractivity contribution in [3.63, 3.8) is 0 Å². The fourth-order valence-corrected chi connectivity index (χ4v) is 3.42. The van der Waals surface area contributed by atoms with Gasteiger partial charge in [0, 0.05) is 12.6 Å². The van der Waals surface area contributed by atoms with E-state index in [-0.39, 0.29) is 11.2 Å². The summed E-state index contributed by atoms with van der Waals surface area (Å²) in [5.74, 6) is 0.838. The Balaban J connectivity index is 2.01. The van der Waals surface area contributed by atoms with Crippen molar-refractivity contribution in [2.24, 2.45) is 7.05 Å². The third-order valence-electron chi connectivity index (χ3n) is 4.96. The summed E-state index contributed by atoms with van der Waals surface area (Å²) in [5.41, 5.74) is 1.54. The number of hydrogen-bond donors (Lipinski definition) is 1. The summed E-state index contributed by atoms with van der Waals surface area (Å²) in [6.07, 6.45) is 0. The average molecular weight is 440 g/mol. The largest absolute Gasteiger partial charge is 0.490 e. The number of carbonyl (C=O) groups excluding carboxylic acids is 1. The molecule has 0 atom stereocenters. The summed E-state index contributed by atoms with van der Waals surface area (Å²) in [4.78, 5) is 26.3. The molecule has 0 aliphatic heterocycles. The molecule has 0 saturated heterocycles. The summed E-state index contributed by atoms with van der Waals surface area (Å²) in [6, 6.07) is 12.5. The molecule has 0 spiro atoms. The van der Waals surface area contributed by atoms with Gasteiger partial charge in [0.1, 0.15) is 5.69 Å². The van der Waals surface area contributed by atoms with E-state index in [0.29, 0.717) is 54.0 Å². The number of para-hydroxylation sites is 1. The molecular formula is C24H29N3O5. The van der Waals surface area contributed by atoms with Gasteiger partial charge in [-0.15, -0.1) is 0 Å². The number of amides is 1. The van der Waals surface area contributed by atoms with E-state index in [4.69, 9.17) is 14.2 Å². The van der Waals surface area contributed by atoms with Gasteiger partial charge in [-0.05, 0) is 52.0 Å². The van der Waals surface area contributed by atoms with Crippen LogP contribution in [0.25, 0.3) is 5.69 Å². The third-order valence-corrected chi connectivity index (χ3v) is 4.96. The van der Waals surface area contributed by atoms with Crippen LogP contribution in [0.5, 0.6) is 17.2 Å². The Morgan fingerprint density at radius 1 is 0.938 bits per heavy atom. The van der Waals surface area contributed by atoms with Crippen LogP contribution >= 0.6 is 0 Å². The van der Waals surface area contributed by atoms with Crippen molar-refractivity contribution >= 4 is 11.6 Å². The zero-order valence-corrected chi connectivity index (χ0v) is 19.1. The zero-order chi connectivity index (χ0) is 23.3. The molecular weight excluding hydrogens is 410 g/mol. The smallest absolute Gasteiger partial charge is 0.295 e. The van der Waals surface area contributed by atoms with E-state index in [9.17, 15) is 9.59 Å². The second kappa shape index (κ2) is 10.1. The predicted octanol–water partition coefficient (Wildman–Crippen LogP) is 3.93. The molecule has 0 aliphatic rings. The number of benzene rings is 2. The molecule has 2 aromatic carbocycles. The molecule has 0 fully saturated rings. The van der Waals surface area contributed by atoms with Crippen molar-refractivity contribution in [2.75, 3.05) is 25.1 Å². The van der Waals surface area contributed by atoms with Gasteiger partial charge >= 0.3 is 0 Å². The predicted molar refractivity (Wildman–Crippen MR) is 124 cm³/mol. The molecule has 0 bridgehead atoms. The third kappa shape index (κ3) is 4.49. The van der Waals surface area contributed by atoms with Crippen LogP contribution in [0.15, 0.2) is 47.3 Å². The van der Waals surface area contributed by atoms with E-state index in [0.717, 1.165) is 0 Å². The number of nitrogens with one attached hydrogen (secondary N) is 1. The molecule has 1 amide bonds. The topological polar surface area (TPSA) is 83.7 Å². The van der Waals surface area contributed by atoms with Gasteiger partial charge in [-0.3, -0.25) is 14.3 Å². The van der Waals surface area contributed by atoms with E-state index in [2.05, 4.69) is 5.32 Å². The number of hydrogen-bond acceptors (Lipinski definition) is 5. The minimum absolute atomic E-state index is 0.214. The first-order valence-electron chi connectivity index (χ1n) is 10.6. The normalized spacial score (nSPS) is 10.7. The molecule has 0 aliphatic carbocycles. The number of anilines is 1. The molecule has 1 N–H and O–H groups in total. The van der Waals surface area contributed by atoms with Gasteiger partial charge in [-0.1, -0.05) is 18.2 Å². The highest BCUT2D eigenvalue weighted by Gasteiger charge is 2.22. The second-order valence-corrected chi connectivity index (χ2v) is 6.99. The van der Waals surface area contributed by atoms with Crippen LogP contribution in [0, 0.1) is 6.92 Å². The molecule has 0 radical (unpaired) electrons. The van der Waals surface area contributed by atoms with Gasteiger partial charge in [0.05, 0.1) is 31.2 Å². The van der Waals surface area contributed by atoms with Gasteiger partial charge < -0.3 is 19.5 Å².